The molecule has 28 heavy (non-hydrogen) atoms. The molecule has 0 saturated carbocycles. The lowest BCUT2D eigenvalue weighted by Crippen LogP contribution is -2.23. The smallest absolute Gasteiger partial charge is 0.119 e. The minimum Gasteiger partial charge on any atom is -0.489 e. The molecule has 2 rings (SSSR count). The van der Waals surface area contributed by atoms with Crippen LogP contribution in [0.3, 0.4) is 0 Å². The average Bonchev–Trinajstić information content (AvgIpc) is 2.63. The lowest BCUT2D eigenvalue weighted by molar-refractivity contribution is 0.229. The summed E-state index contributed by atoms with van der Waals surface area (Å²) in [6.07, 6.45) is 4.89. The molecule has 1 unspecified atom stereocenters. The summed E-state index contributed by atoms with van der Waals surface area (Å²) in [5.41, 5.74) is 5.20. The van der Waals surface area contributed by atoms with Crippen LogP contribution in [0.2, 0.25) is 0 Å². The molecule has 2 aromatic rings. The second-order valence-corrected chi connectivity index (χ2v) is 9.87. The molecule has 1 nitrogen and oxygen atoms in total. The van der Waals surface area contributed by atoms with Crippen LogP contribution in [0.4, 0.5) is 0 Å². The second kappa shape index (κ2) is 8.82. The zero-order chi connectivity index (χ0) is 20.9. The first-order chi connectivity index (χ1) is 13.0. The minimum absolute atomic E-state index is 0.222. The van der Waals surface area contributed by atoms with Crippen LogP contribution < -0.4 is 4.74 Å². The fourth-order valence-electron chi connectivity index (χ4n) is 3.68. The van der Waals surface area contributed by atoms with Gasteiger partial charge in [0.25, 0.3) is 0 Å². The summed E-state index contributed by atoms with van der Waals surface area (Å²) in [4.78, 5) is 0. The lowest BCUT2D eigenvalue weighted by atomic mass is 9.69. The molecule has 0 aliphatic rings. The number of hydrogen-bond donors (Lipinski definition) is 0. The van der Waals surface area contributed by atoms with Gasteiger partial charge in [0.2, 0.25) is 0 Å². The van der Waals surface area contributed by atoms with E-state index in [1.165, 1.54) is 5.56 Å². The van der Waals surface area contributed by atoms with Crippen molar-refractivity contribution >= 4 is 12.2 Å². The van der Waals surface area contributed by atoms with Crippen LogP contribution >= 0.6 is 0 Å². The Balaban J connectivity index is 2.16. The highest BCUT2D eigenvalue weighted by molar-refractivity contribution is 5.66. The molecule has 150 valence electrons. The predicted molar refractivity (Wildman–Crippen MR) is 124 cm³/mol. The summed E-state index contributed by atoms with van der Waals surface area (Å²) in [6.45, 7) is 22.3. The third-order valence-electron chi connectivity index (χ3n) is 5.19. The Bertz CT molecular complexity index is 798. The standard InChI is InChI=1S/C27H36O/c1-9-20-12-11-13-22(24(20)10-2)19-28-23-16-14-21(15-17-23)25(27(6,7)8)18-26(3,4)5/h9-17,25H,1-2,18-19H2,3-8H3. The molecular weight excluding hydrogens is 340 g/mol. The van der Waals surface area contributed by atoms with Gasteiger partial charge >= 0.3 is 0 Å². The summed E-state index contributed by atoms with van der Waals surface area (Å²) in [5, 5.41) is 0. The van der Waals surface area contributed by atoms with E-state index in [-0.39, 0.29) is 5.41 Å². The lowest BCUT2D eigenvalue weighted by Gasteiger charge is -2.36. The minimum atomic E-state index is 0.222. The molecule has 0 N–H and O–H groups in total. The Hall–Kier alpha value is -2.28. The van der Waals surface area contributed by atoms with Crippen LogP contribution in [-0.2, 0) is 6.61 Å². The maximum atomic E-state index is 6.07. The van der Waals surface area contributed by atoms with E-state index < -0.39 is 0 Å². The largest absolute Gasteiger partial charge is 0.489 e. The van der Waals surface area contributed by atoms with Gasteiger partial charge in [-0.3, -0.25) is 0 Å². The molecular formula is C27H36O. The quantitative estimate of drug-likeness (QED) is 0.474. The fourth-order valence-corrected chi connectivity index (χ4v) is 3.68. The second-order valence-electron chi connectivity index (χ2n) is 9.87. The van der Waals surface area contributed by atoms with Crippen molar-refractivity contribution < 1.29 is 4.74 Å². The zero-order valence-corrected chi connectivity index (χ0v) is 18.5. The van der Waals surface area contributed by atoms with Crippen molar-refractivity contribution in [2.75, 3.05) is 0 Å². The van der Waals surface area contributed by atoms with Crippen molar-refractivity contribution in [2.24, 2.45) is 10.8 Å². The molecule has 1 heteroatoms. The van der Waals surface area contributed by atoms with Gasteiger partial charge in [-0.05, 0) is 57.6 Å². The molecule has 0 saturated heterocycles. The third-order valence-corrected chi connectivity index (χ3v) is 5.19. The van der Waals surface area contributed by atoms with Gasteiger partial charge in [-0.1, -0.05) is 97.2 Å². The molecule has 1 atom stereocenters. The fraction of sp³-hybridized carbons (Fsp3) is 0.407. The Labute approximate surface area is 172 Å². The van der Waals surface area contributed by atoms with Crippen molar-refractivity contribution in [2.45, 2.75) is 60.5 Å². The number of benzene rings is 2. The maximum absolute atomic E-state index is 6.07. The molecule has 0 aliphatic carbocycles. The molecule has 0 bridgehead atoms. The van der Waals surface area contributed by atoms with Gasteiger partial charge in [0.1, 0.15) is 12.4 Å². The Morgan fingerprint density at radius 1 is 0.893 bits per heavy atom. The number of rotatable bonds is 7. The van der Waals surface area contributed by atoms with Gasteiger partial charge in [-0.15, -0.1) is 0 Å². The Morgan fingerprint density at radius 2 is 1.54 bits per heavy atom. The Morgan fingerprint density at radius 3 is 2.04 bits per heavy atom. The van der Waals surface area contributed by atoms with E-state index in [4.69, 9.17) is 4.74 Å². The maximum Gasteiger partial charge on any atom is 0.119 e. The van der Waals surface area contributed by atoms with Gasteiger partial charge in [-0.25, -0.2) is 0 Å². The van der Waals surface area contributed by atoms with Crippen LogP contribution in [0.5, 0.6) is 5.75 Å². The average molecular weight is 377 g/mol. The highest BCUT2D eigenvalue weighted by Crippen LogP contribution is 2.43. The van der Waals surface area contributed by atoms with E-state index in [0.29, 0.717) is 17.9 Å². The van der Waals surface area contributed by atoms with Crippen molar-refractivity contribution in [3.8, 4) is 5.75 Å². The molecule has 0 spiro atoms. The summed E-state index contributed by atoms with van der Waals surface area (Å²) < 4.78 is 6.07. The summed E-state index contributed by atoms with van der Waals surface area (Å²) >= 11 is 0. The first-order valence-corrected chi connectivity index (χ1v) is 10.1. The van der Waals surface area contributed by atoms with Crippen LogP contribution in [0, 0.1) is 10.8 Å². The highest BCUT2D eigenvalue weighted by atomic mass is 16.5. The molecule has 0 aliphatic heterocycles. The van der Waals surface area contributed by atoms with E-state index in [1.807, 2.05) is 24.3 Å². The van der Waals surface area contributed by atoms with Crippen LogP contribution in [0.15, 0.2) is 55.6 Å². The van der Waals surface area contributed by atoms with Crippen molar-refractivity contribution in [1.82, 2.24) is 0 Å². The summed E-state index contributed by atoms with van der Waals surface area (Å²) in [6, 6.07) is 14.8. The van der Waals surface area contributed by atoms with E-state index in [1.54, 1.807) is 0 Å². The van der Waals surface area contributed by atoms with E-state index in [2.05, 4.69) is 85.0 Å². The first kappa shape index (κ1) is 22.0. The molecule has 0 fully saturated rings. The molecule has 0 radical (unpaired) electrons. The zero-order valence-electron chi connectivity index (χ0n) is 18.5. The number of ether oxygens (including phenoxy) is 1. The third kappa shape index (κ3) is 5.86. The molecule has 0 amide bonds. The van der Waals surface area contributed by atoms with Gasteiger partial charge < -0.3 is 4.74 Å². The van der Waals surface area contributed by atoms with Gasteiger partial charge in [0, 0.05) is 0 Å². The van der Waals surface area contributed by atoms with E-state index in [9.17, 15) is 0 Å². The predicted octanol–water partition coefficient (Wildman–Crippen LogP) is 8.12. The van der Waals surface area contributed by atoms with Crippen LogP contribution in [0.1, 0.15) is 76.1 Å². The highest BCUT2D eigenvalue weighted by Gasteiger charge is 2.30. The van der Waals surface area contributed by atoms with Crippen molar-refractivity contribution in [3.63, 3.8) is 0 Å². The normalized spacial score (nSPS) is 13.1. The number of hydrogen-bond acceptors (Lipinski definition) is 1. The van der Waals surface area contributed by atoms with Crippen molar-refractivity contribution in [3.05, 3.63) is 77.9 Å². The summed E-state index contributed by atoms with van der Waals surface area (Å²) in [7, 11) is 0. The Kier molecular flexibility index (Phi) is 6.93. The molecule has 0 aromatic heterocycles. The molecule has 2 aromatic carbocycles. The van der Waals surface area contributed by atoms with Crippen LogP contribution in [-0.4, -0.2) is 0 Å². The first-order valence-electron chi connectivity index (χ1n) is 10.1. The monoisotopic (exact) mass is 376 g/mol. The van der Waals surface area contributed by atoms with Gasteiger partial charge in [-0.2, -0.15) is 0 Å². The van der Waals surface area contributed by atoms with Gasteiger partial charge in [0.05, 0.1) is 0 Å². The van der Waals surface area contributed by atoms with Crippen molar-refractivity contribution in [1.29, 1.82) is 0 Å². The summed E-state index contributed by atoms with van der Waals surface area (Å²) in [5.74, 6) is 1.41. The topological polar surface area (TPSA) is 9.23 Å². The molecule has 0 heterocycles. The SMILES string of the molecule is C=Cc1cccc(COc2ccc(C(CC(C)(C)C)C(C)(C)C)cc2)c1C=C. The van der Waals surface area contributed by atoms with E-state index in [0.717, 1.165) is 28.9 Å². The van der Waals surface area contributed by atoms with Crippen LogP contribution in [0.25, 0.3) is 12.2 Å². The van der Waals surface area contributed by atoms with Gasteiger partial charge in [0.15, 0.2) is 0 Å². The van der Waals surface area contributed by atoms with E-state index >= 15 is 0 Å².